The number of amides is 1. The lowest BCUT2D eigenvalue weighted by Gasteiger charge is -2.04. The van der Waals surface area contributed by atoms with Crippen molar-refractivity contribution in [3.05, 3.63) is 64.6 Å². The first-order chi connectivity index (χ1) is 10.2. The molecule has 0 radical (unpaired) electrons. The van der Waals surface area contributed by atoms with Crippen LogP contribution >= 0.6 is 15.9 Å². The van der Waals surface area contributed by atoms with Gasteiger partial charge in [0.25, 0.3) is 5.91 Å². The fourth-order valence-corrected chi connectivity index (χ4v) is 1.86. The summed E-state index contributed by atoms with van der Waals surface area (Å²) in [5.74, 6) is 0.351. The molecule has 0 saturated carbocycles. The molecule has 1 amide bonds. The highest BCUT2D eigenvalue weighted by Crippen LogP contribution is 2.15. The lowest BCUT2D eigenvalue weighted by molar-refractivity contribution is -0.123. The molecule has 0 aliphatic heterocycles. The van der Waals surface area contributed by atoms with Crippen molar-refractivity contribution in [1.82, 2.24) is 5.43 Å². The van der Waals surface area contributed by atoms with Crippen LogP contribution < -0.4 is 10.2 Å². The van der Waals surface area contributed by atoms with Gasteiger partial charge in [0, 0.05) is 17.1 Å². The van der Waals surface area contributed by atoms with E-state index in [1.165, 1.54) is 0 Å². The van der Waals surface area contributed by atoms with Gasteiger partial charge in [-0.25, -0.2) is 5.43 Å². The molecular formula is C16H15BrN2O2. The van der Waals surface area contributed by atoms with Crippen LogP contribution in [0.2, 0.25) is 0 Å². The first-order valence-electron chi connectivity index (χ1n) is 6.47. The van der Waals surface area contributed by atoms with E-state index in [1.54, 1.807) is 18.3 Å². The summed E-state index contributed by atoms with van der Waals surface area (Å²) in [5, 5.41) is 3.88. The van der Waals surface area contributed by atoms with Gasteiger partial charge in [-0.3, -0.25) is 4.79 Å². The maximum Gasteiger partial charge on any atom is 0.277 e. The minimum absolute atomic E-state index is 0.0652. The number of rotatable bonds is 6. The van der Waals surface area contributed by atoms with Gasteiger partial charge in [-0.1, -0.05) is 46.3 Å². The molecule has 0 heterocycles. The van der Waals surface area contributed by atoms with Crippen LogP contribution in [-0.2, 0) is 11.2 Å². The highest BCUT2D eigenvalue weighted by atomic mass is 79.9. The van der Waals surface area contributed by atoms with Crippen molar-refractivity contribution in [2.75, 3.05) is 6.61 Å². The molecular weight excluding hydrogens is 332 g/mol. The molecule has 2 rings (SSSR count). The van der Waals surface area contributed by atoms with Crippen molar-refractivity contribution in [2.45, 2.75) is 6.42 Å². The highest BCUT2D eigenvalue weighted by Gasteiger charge is 2.00. The second-order valence-corrected chi connectivity index (χ2v) is 5.19. The third-order valence-corrected chi connectivity index (χ3v) is 3.16. The maximum atomic E-state index is 11.5. The molecule has 0 fully saturated rings. The van der Waals surface area contributed by atoms with Gasteiger partial charge in [0.15, 0.2) is 6.61 Å². The molecule has 0 spiro atoms. The Balaban J connectivity index is 1.69. The minimum atomic E-state index is -0.290. The molecule has 0 aliphatic carbocycles. The standard InChI is InChI=1S/C16H15BrN2O2/c17-14-6-8-15(9-7-14)21-12-16(20)19-18-11-10-13-4-2-1-3-5-13/h1-9,11H,10,12H2,(H,19,20)/b18-11+. The molecule has 0 atom stereocenters. The van der Waals surface area contributed by atoms with Gasteiger partial charge in [-0.05, 0) is 29.8 Å². The van der Waals surface area contributed by atoms with Crippen LogP contribution in [0.3, 0.4) is 0 Å². The van der Waals surface area contributed by atoms with E-state index in [1.807, 2.05) is 42.5 Å². The Morgan fingerprint density at radius 1 is 1.14 bits per heavy atom. The zero-order valence-electron chi connectivity index (χ0n) is 11.3. The smallest absolute Gasteiger partial charge is 0.277 e. The molecule has 0 unspecified atom stereocenters. The molecule has 0 aliphatic rings. The van der Waals surface area contributed by atoms with Crippen LogP contribution in [0.25, 0.3) is 0 Å². The number of hydrazone groups is 1. The van der Waals surface area contributed by atoms with Crippen LogP contribution in [-0.4, -0.2) is 18.7 Å². The lowest BCUT2D eigenvalue weighted by atomic mass is 10.2. The number of nitrogens with one attached hydrogen (secondary N) is 1. The summed E-state index contributed by atoms with van der Waals surface area (Å²) in [4.78, 5) is 11.5. The number of benzene rings is 2. The van der Waals surface area contributed by atoms with Crippen molar-refractivity contribution in [3.8, 4) is 5.75 Å². The molecule has 0 saturated heterocycles. The Labute approximate surface area is 132 Å². The van der Waals surface area contributed by atoms with Gasteiger partial charge >= 0.3 is 0 Å². The highest BCUT2D eigenvalue weighted by molar-refractivity contribution is 9.10. The topological polar surface area (TPSA) is 50.7 Å². The zero-order chi connectivity index (χ0) is 14.9. The first-order valence-corrected chi connectivity index (χ1v) is 7.26. The van der Waals surface area contributed by atoms with Gasteiger partial charge in [-0.15, -0.1) is 0 Å². The summed E-state index contributed by atoms with van der Waals surface area (Å²) in [6.07, 6.45) is 2.33. The third-order valence-electron chi connectivity index (χ3n) is 2.63. The SMILES string of the molecule is O=C(COc1ccc(Br)cc1)N/N=C/Cc1ccccc1. The summed E-state index contributed by atoms with van der Waals surface area (Å²) in [5.41, 5.74) is 3.57. The van der Waals surface area contributed by atoms with E-state index in [2.05, 4.69) is 26.5 Å². The Morgan fingerprint density at radius 2 is 1.86 bits per heavy atom. The van der Waals surface area contributed by atoms with Gasteiger partial charge < -0.3 is 4.74 Å². The van der Waals surface area contributed by atoms with Crippen molar-refractivity contribution in [2.24, 2.45) is 5.10 Å². The lowest BCUT2D eigenvalue weighted by Crippen LogP contribution is -2.24. The Hall–Kier alpha value is -2.14. The minimum Gasteiger partial charge on any atom is -0.484 e. The van der Waals surface area contributed by atoms with E-state index in [4.69, 9.17) is 4.74 Å². The monoisotopic (exact) mass is 346 g/mol. The van der Waals surface area contributed by atoms with E-state index < -0.39 is 0 Å². The van der Waals surface area contributed by atoms with Crippen LogP contribution in [0, 0.1) is 0 Å². The van der Waals surface area contributed by atoms with Crippen molar-refractivity contribution >= 4 is 28.1 Å². The van der Waals surface area contributed by atoms with Gasteiger partial charge in [-0.2, -0.15) is 5.10 Å². The molecule has 2 aromatic rings. The van der Waals surface area contributed by atoms with Crippen LogP contribution in [0.4, 0.5) is 0 Å². The molecule has 2 aromatic carbocycles. The van der Waals surface area contributed by atoms with Crippen molar-refractivity contribution in [1.29, 1.82) is 0 Å². The number of hydrogen-bond donors (Lipinski definition) is 1. The van der Waals surface area contributed by atoms with E-state index in [0.717, 1.165) is 10.0 Å². The molecule has 5 heteroatoms. The largest absolute Gasteiger partial charge is 0.484 e. The Kier molecular flexibility index (Phi) is 5.97. The van der Waals surface area contributed by atoms with E-state index >= 15 is 0 Å². The molecule has 0 bridgehead atoms. The average molecular weight is 347 g/mol. The summed E-state index contributed by atoms with van der Waals surface area (Å²) < 4.78 is 6.29. The predicted octanol–water partition coefficient (Wildman–Crippen LogP) is 3.17. The van der Waals surface area contributed by atoms with E-state index in [0.29, 0.717) is 12.2 Å². The van der Waals surface area contributed by atoms with E-state index in [-0.39, 0.29) is 12.5 Å². The van der Waals surface area contributed by atoms with Gasteiger partial charge in [0.1, 0.15) is 5.75 Å². The maximum absolute atomic E-state index is 11.5. The molecule has 21 heavy (non-hydrogen) atoms. The van der Waals surface area contributed by atoms with E-state index in [9.17, 15) is 4.79 Å². The summed E-state index contributed by atoms with van der Waals surface area (Å²) in [6.45, 7) is -0.0652. The second kappa shape index (κ2) is 8.21. The molecule has 1 N–H and O–H groups in total. The average Bonchev–Trinajstić information content (AvgIpc) is 2.52. The summed E-state index contributed by atoms with van der Waals surface area (Å²) in [6, 6.07) is 17.2. The second-order valence-electron chi connectivity index (χ2n) is 4.28. The van der Waals surface area contributed by atoms with Crippen LogP contribution in [0.1, 0.15) is 5.56 Å². The zero-order valence-corrected chi connectivity index (χ0v) is 12.9. The number of nitrogens with zero attached hydrogens (tertiary/aromatic N) is 1. The summed E-state index contributed by atoms with van der Waals surface area (Å²) >= 11 is 3.33. The molecule has 0 aromatic heterocycles. The van der Waals surface area contributed by atoms with Crippen LogP contribution in [0.5, 0.6) is 5.75 Å². The number of carbonyl (C=O) groups excluding carboxylic acids is 1. The number of ether oxygens (including phenoxy) is 1. The predicted molar refractivity (Wildman–Crippen MR) is 86.4 cm³/mol. The molecule has 4 nitrogen and oxygen atoms in total. The number of hydrogen-bond acceptors (Lipinski definition) is 3. The fourth-order valence-electron chi connectivity index (χ4n) is 1.59. The van der Waals surface area contributed by atoms with Crippen molar-refractivity contribution < 1.29 is 9.53 Å². The number of carbonyl (C=O) groups is 1. The first kappa shape index (κ1) is 15.3. The summed E-state index contributed by atoms with van der Waals surface area (Å²) in [7, 11) is 0. The number of halogens is 1. The van der Waals surface area contributed by atoms with Crippen LogP contribution in [0.15, 0.2) is 64.2 Å². The fraction of sp³-hybridized carbons (Fsp3) is 0.125. The van der Waals surface area contributed by atoms with Gasteiger partial charge in [0.2, 0.25) is 0 Å². The third kappa shape index (κ3) is 5.79. The van der Waals surface area contributed by atoms with Gasteiger partial charge in [0.05, 0.1) is 0 Å². The van der Waals surface area contributed by atoms with Crippen molar-refractivity contribution in [3.63, 3.8) is 0 Å². The Bertz CT molecular complexity index is 597. The molecule has 108 valence electrons. The normalized spacial score (nSPS) is 10.5. The Morgan fingerprint density at radius 3 is 2.57 bits per heavy atom. The quantitative estimate of drug-likeness (QED) is 0.645.